The van der Waals surface area contributed by atoms with E-state index < -0.39 is 5.97 Å². The van der Waals surface area contributed by atoms with Crippen molar-refractivity contribution in [1.29, 1.82) is 0 Å². The molecule has 1 aliphatic rings. The molecule has 16 heavy (non-hydrogen) atoms. The number of carboxylic acid groups (broad SMARTS) is 1. The molecule has 2 rings (SSSR count). The Balaban J connectivity index is 2.13. The second-order valence-corrected chi connectivity index (χ2v) is 6.02. The summed E-state index contributed by atoms with van der Waals surface area (Å²) in [6.45, 7) is 3.90. The van der Waals surface area contributed by atoms with E-state index in [0.717, 1.165) is 5.01 Å². The lowest BCUT2D eigenvalue weighted by molar-refractivity contribution is -0.138. The maximum absolute atomic E-state index is 10.8. The van der Waals surface area contributed by atoms with Crippen molar-refractivity contribution in [2.24, 2.45) is 0 Å². The average Bonchev–Trinajstić information content (AvgIpc) is 2.47. The Kier molecular flexibility index (Phi) is 3.02. The van der Waals surface area contributed by atoms with Crippen LogP contribution >= 0.6 is 11.3 Å². The molecule has 3 nitrogen and oxygen atoms in total. The Bertz CT molecular complexity index is 393. The number of carbonyl (C=O) groups is 1. The molecule has 1 aliphatic carbocycles. The van der Waals surface area contributed by atoms with E-state index in [2.05, 4.69) is 10.4 Å². The number of thiazole rings is 1. The molecule has 0 atom stereocenters. The third-order valence-electron chi connectivity index (χ3n) is 3.22. The van der Waals surface area contributed by atoms with Gasteiger partial charge in [0.1, 0.15) is 0 Å². The monoisotopic (exact) mass is 239 g/mol. The van der Waals surface area contributed by atoms with Gasteiger partial charge in [-0.05, 0) is 12.8 Å². The predicted molar refractivity (Wildman–Crippen MR) is 64.0 cm³/mol. The Labute approximate surface area is 99.5 Å². The molecule has 88 valence electrons. The summed E-state index contributed by atoms with van der Waals surface area (Å²) in [7, 11) is 0. The van der Waals surface area contributed by atoms with E-state index >= 15 is 0 Å². The van der Waals surface area contributed by atoms with Crippen LogP contribution in [0.5, 0.6) is 0 Å². The first kappa shape index (κ1) is 11.6. The first-order valence-corrected chi connectivity index (χ1v) is 6.55. The standard InChI is InChI=1S/C12H17NO2S/c1-12(2,6-10(14)15)11-13-9(7-16-11)8-4-3-5-8/h7-8H,3-6H2,1-2H3,(H,14,15). The minimum atomic E-state index is -0.759. The third-order valence-corrected chi connectivity index (χ3v) is 4.44. The molecule has 0 saturated heterocycles. The van der Waals surface area contributed by atoms with E-state index in [4.69, 9.17) is 5.11 Å². The SMILES string of the molecule is CC(C)(CC(=O)O)c1nc(C2CCC2)cs1. The molecular weight excluding hydrogens is 222 g/mol. The molecule has 1 aromatic heterocycles. The second kappa shape index (κ2) is 4.17. The van der Waals surface area contributed by atoms with Gasteiger partial charge < -0.3 is 5.11 Å². The molecule has 4 heteroatoms. The molecule has 1 N–H and O–H groups in total. The molecule has 1 fully saturated rings. The molecular formula is C12H17NO2S. The van der Waals surface area contributed by atoms with Crippen molar-refractivity contribution in [3.05, 3.63) is 16.1 Å². The van der Waals surface area contributed by atoms with Gasteiger partial charge in [0.05, 0.1) is 17.1 Å². The van der Waals surface area contributed by atoms with Gasteiger partial charge in [0.25, 0.3) is 0 Å². The van der Waals surface area contributed by atoms with Crippen LogP contribution in [0, 0.1) is 0 Å². The fourth-order valence-electron chi connectivity index (χ4n) is 1.94. The summed E-state index contributed by atoms with van der Waals surface area (Å²) >= 11 is 1.60. The highest BCUT2D eigenvalue weighted by molar-refractivity contribution is 7.09. The Morgan fingerprint density at radius 1 is 1.62 bits per heavy atom. The molecule has 0 unspecified atom stereocenters. The Morgan fingerprint density at radius 2 is 2.31 bits per heavy atom. The van der Waals surface area contributed by atoms with Gasteiger partial charge >= 0.3 is 5.97 Å². The van der Waals surface area contributed by atoms with E-state index in [9.17, 15) is 4.79 Å². The highest BCUT2D eigenvalue weighted by Gasteiger charge is 2.29. The summed E-state index contributed by atoms with van der Waals surface area (Å²) in [5.74, 6) is -0.129. The van der Waals surface area contributed by atoms with Gasteiger partial charge in [0.2, 0.25) is 0 Å². The quantitative estimate of drug-likeness (QED) is 0.878. The smallest absolute Gasteiger partial charge is 0.304 e. The van der Waals surface area contributed by atoms with E-state index in [0.29, 0.717) is 5.92 Å². The molecule has 0 bridgehead atoms. The fourth-order valence-corrected chi connectivity index (χ4v) is 2.97. The summed E-state index contributed by atoms with van der Waals surface area (Å²) in [5.41, 5.74) is 0.822. The van der Waals surface area contributed by atoms with Gasteiger partial charge in [-0.25, -0.2) is 4.98 Å². The largest absolute Gasteiger partial charge is 0.481 e. The van der Waals surface area contributed by atoms with Crippen molar-refractivity contribution in [3.8, 4) is 0 Å². The van der Waals surface area contributed by atoms with Crippen molar-refractivity contribution >= 4 is 17.3 Å². The molecule has 0 aromatic carbocycles. The summed E-state index contributed by atoms with van der Waals surface area (Å²) in [6, 6.07) is 0. The number of aliphatic carboxylic acids is 1. The van der Waals surface area contributed by atoms with Gasteiger partial charge in [-0.3, -0.25) is 4.79 Å². The Hall–Kier alpha value is -0.900. The number of carboxylic acids is 1. The number of nitrogens with zero attached hydrogens (tertiary/aromatic N) is 1. The van der Waals surface area contributed by atoms with Gasteiger partial charge in [-0.15, -0.1) is 11.3 Å². The van der Waals surface area contributed by atoms with Crippen molar-refractivity contribution < 1.29 is 9.90 Å². The number of rotatable bonds is 4. The first-order chi connectivity index (χ1) is 7.49. The highest BCUT2D eigenvalue weighted by atomic mass is 32.1. The maximum atomic E-state index is 10.8. The minimum Gasteiger partial charge on any atom is -0.481 e. The fraction of sp³-hybridized carbons (Fsp3) is 0.667. The summed E-state index contributed by atoms with van der Waals surface area (Å²) in [4.78, 5) is 15.4. The van der Waals surface area contributed by atoms with Crippen LogP contribution in [0.15, 0.2) is 5.38 Å². The molecule has 1 heterocycles. The normalized spacial score (nSPS) is 17.1. The zero-order chi connectivity index (χ0) is 11.8. The van der Waals surface area contributed by atoms with Crippen molar-refractivity contribution in [2.75, 3.05) is 0 Å². The van der Waals surface area contributed by atoms with Gasteiger partial charge in [-0.2, -0.15) is 0 Å². The van der Waals surface area contributed by atoms with E-state index in [1.165, 1.54) is 25.0 Å². The second-order valence-electron chi connectivity index (χ2n) is 5.16. The van der Waals surface area contributed by atoms with Crippen molar-refractivity contribution in [3.63, 3.8) is 0 Å². The van der Waals surface area contributed by atoms with Crippen LogP contribution in [0.25, 0.3) is 0 Å². The van der Waals surface area contributed by atoms with Crippen LogP contribution in [0.3, 0.4) is 0 Å². The van der Waals surface area contributed by atoms with Crippen LogP contribution < -0.4 is 0 Å². The first-order valence-electron chi connectivity index (χ1n) is 5.67. The van der Waals surface area contributed by atoms with Crippen LogP contribution in [0.1, 0.15) is 56.2 Å². The summed E-state index contributed by atoms with van der Waals surface area (Å²) in [5, 5.41) is 11.9. The summed E-state index contributed by atoms with van der Waals surface area (Å²) in [6.07, 6.45) is 3.92. The molecule has 0 amide bonds. The van der Waals surface area contributed by atoms with Crippen LogP contribution in [0.2, 0.25) is 0 Å². The van der Waals surface area contributed by atoms with E-state index in [-0.39, 0.29) is 11.8 Å². The molecule has 0 aliphatic heterocycles. The third kappa shape index (κ3) is 2.26. The molecule has 1 saturated carbocycles. The van der Waals surface area contributed by atoms with Crippen molar-refractivity contribution in [1.82, 2.24) is 4.98 Å². The van der Waals surface area contributed by atoms with Crippen LogP contribution in [0.4, 0.5) is 0 Å². The number of aromatic nitrogens is 1. The van der Waals surface area contributed by atoms with E-state index in [1.54, 1.807) is 11.3 Å². The maximum Gasteiger partial charge on any atom is 0.304 e. The highest BCUT2D eigenvalue weighted by Crippen LogP contribution is 2.39. The minimum absolute atomic E-state index is 0.143. The topological polar surface area (TPSA) is 50.2 Å². The van der Waals surface area contributed by atoms with Crippen LogP contribution in [-0.2, 0) is 10.2 Å². The lowest BCUT2D eigenvalue weighted by atomic mass is 9.83. The lowest BCUT2D eigenvalue weighted by Gasteiger charge is -2.24. The van der Waals surface area contributed by atoms with Gasteiger partial charge in [-0.1, -0.05) is 20.3 Å². The molecule has 1 aromatic rings. The van der Waals surface area contributed by atoms with Crippen molar-refractivity contribution in [2.45, 2.75) is 50.9 Å². The van der Waals surface area contributed by atoms with Gasteiger partial charge in [0, 0.05) is 16.7 Å². The van der Waals surface area contributed by atoms with Gasteiger partial charge in [0.15, 0.2) is 0 Å². The zero-order valence-electron chi connectivity index (χ0n) is 9.69. The zero-order valence-corrected chi connectivity index (χ0v) is 10.5. The number of hydrogen-bond donors (Lipinski definition) is 1. The van der Waals surface area contributed by atoms with Crippen LogP contribution in [-0.4, -0.2) is 16.1 Å². The Morgan fingerprint density at radius 3 is 2.81 bits per heavy atom. The predicted octanol–water partition coefficient (Wildman–Crippen LogP) is 3.16. The number of hydrogen-bond acceptors (Lipinski definition) is 3. The average molecular weight is 239 g/mol. The molecule has 0 spiro atoms. The van der Waals surface area contributed by atoms with E-state index in [1.807, 2.05) is 13.8 Å². The lowest BCUT2D eigenvalue weighted by Crippen LogP contribution is -2.21. The summed E-state index contributed by atoms with van der Waals surface area (Å²) < 4.78 is 0. The molecule has 0 radical (unpaired) electrons.